The zero-order valence-electron chi connectivity index (χ0n) is 19.9. The van der Waals surface area contributed by atoms with Crippen molar-refractivity contribution in [1.29, 1.82) is 0 Å². The van der Waals surface area contributed by atoms with Crippen molar-refractivity contribution in [3.8, 4) is 5.75 Å². The molecule has 3 aromatic rings. The fourth-order valence-electron chi connectivity index (χ4n) is 4.15. The maximum Gasteiger partial charge on any atom is 0.359 e. The monoisotopic (exact) mass is 473 g/mol. The van der Waals surface area contributed by atoms with Gasteiger partial charge in [0.1, 0.15) is 12.4 Å². The second-order valence-corrected chi connectivity index (χ2v) is 8.71. The van der Waals surface area contributed by atoms with Crippen LogP contribution in [-0.2, 0) is 21.5 Å². The van der Waals surface area contributed by atoms with Crippen LogP contribution in [-0.4, -0.2) is 41.8 Å². The summed E-state index contributed by atoms with van der Waals surface area (Å²) in [5.41, 5.74) is 2.20. The van der Waals surface area contributed by atoms with Crippen molar-refractivity contribution in [3.63, 3.8) is 0 Å². The molecule has 0 amide bonds. The molecule has 0 saturated heterocycles. The number of aromatic nitrogens is 2. The van der Waals surface area contributed by atoms with Crippen LogP contribution >= 0.6 is 0 Å². The quantitative estimate of drug-likeness (QED) is 0.366. The SMILES string of the molecule is CN1/C(=C\C(=O)COC(=O)c2ccc(=O)n(CCOc3ccccc3)n2)C(C)(C)c2ccccc21. The molecule has 0 spiro atoms. The molecule has 0 atom stereocenters. The van der Waals surface area contributed by atoms with Crippen molar-refractivity contribution < 1.29 is 19.1 Å². The third-order valence-corrected chi connectivity index (χ3v) is 5.97. The predicted octanol–water partition coefficient (Wildman–Crippen LogP) is 3.36. The van der Waals surface area contributed by atoms with Crippen LogP contribution in [0.5, 0.6) is 5.75 Å². The van der Waals surface area contributed by atoms with Gasteiger partial charge in [-0.2, -0.15) is 5.10 Å². The summed E-state index contributed by atoms with van der Waals surface area (Å²) in [5.74, 6) is -0.453. The first-order valence-electron chi connectivity index (χ1n) is 11.3. The molecule has 0 fully saturated rings. The molecule has 0 saturated carbocycles. The van der Waals surface area contributed by atoms with Crippen LogP contribution in [0.15, 0.2) is 83.3 Å². The number of anilines is 1. The number of nitrogens with zero attached hydrogens (tertiary/aromatic N) is 3. The lowest BCUT2D eigenvalue weighted by Gasteiger charge is -2.23. The van der Waals surface area contributed by atoms with Gasteiger partial charge in [-0.05, 0) is 29.8 Å². The van der Waals surface area contributed by atoms with Gasteiger partial charge in [-0.3, -0.25) is 9.59 Å². The van der Waals surface area contributed by atoms with E-state index in [1.165, 1.54) is 18.2 Å². The van der Waals surface area contributed by atoms with Crippen molar-refractivity contribution in [2.45, 2.75) is 25.8 Å². The van der Waals surface area contributed by atoms with Gasteiger partial charge in [-0.15, -0.1) is 0 Å². The number of carbonyl (C=O) groups excluding carboxylic acids is 2. The Bertz CT molecular complexity index is 1330. The molecule has 4 rings (SSSR count). The number of carbonyl (C=O) groups is 2. The lowest BCUT2D eigenvalue weighted by Crippen LogP contribution is -2.28. The minimum Gasteiger partial charge on any atom is -0.492 e. The molecule has 0 unspecified atom stereocenters. The predicted molar refractivity (Wildman–Crippen MR) is 132 cm³/mol. The highest BCUT2D eigenvalue weighted by molar-refractivity contribution is 5.96. The molecule has 0 aliphatic carbocycles. The van der Waals surface area contributed by atoms with Gasteiger partial charge >= 0.3 is 5.97 Å². The van der Waals surface area contributed by atoms with Gasteiger partial charge in [0.25, 0.3) is 5.56 Å². The Balaban J connectivity index is 1.37. The summed E-state index contributed by atoms with van der Waals surface area (Å²) in [6.07, 6.45) is 1.52. The second-order valence-electron chi connectivity index (χ2n) is 8.71. The van der Waals surface area contributed by atoms with Crippen molar-refractivity contribution >= 4 is 17.4 Å². The highest BCUT2D eigenvalue weighted by Gasteiger charge is 2.38. The number of likely N-dealkylation sites (N-methyl/N-ethyl adjacent to an activating group) is 1. The van der Waals surface area contributed by atoms with Crippen molar-refractivity contribution in [3.05, 3.63) is 100 Å². The highest BCUT2D eigenvalue weighted by atomic mass is 16.5. The van der Waals surface area contributed by atoms with E-state index >= 15 is 0 Å². The van der Waals surface area contributed by atoms with E-state index in [4.69, 9.17) is 9.47 Å². The molecule has 180 valence electrons. The fourth-order valence-corrected chi connectivity index (χ4v) is 4.15. The number of esters is 1. The summed E-state index contributed by atoms with van der Waals surface area (Å²) in [5, 5.41) is 4.06. The van der Waals surface area contributed by atoms with Crippen LogP contribution in [0.3, 0.4) is 0 Å². The minimum absolute atomic E-state index is 0.0597. The van der Waals surface area contributed by atoms with E-state index in [-0.39, 0.29) is 35.6 Å². The number of ether oxygens (including phenoxy) is 2. The molecule has 0 radical (unpaired) electrons. The summed E-state index contributed by atoms with van der Waals surface area (Å²) in [6.45, 7) is 4.03. The number of ketones is 1. The van der Waals surface area contributed by atoms with Gasteiger partial charge in [-0.1, -0.05) is 50.2 Å². The zero-order valence-corrected chi connectivity index (χ0v) is 19.9. The molecule has 8 heteroatoms. The highest BCUT2D eigenvalue weighted by Crippen LogP contribution is 2.46. The summed E-state index contributed by atoms with van der Waals surface area (Å²) >= 11 is 0. The van der Waals surface area contributed by atoms with Crippen molar-refractivity contribution in [2.24, 2.45) is 0 Å². The first-order valence-corrected chi connectivity index (χ1v) is 11.3. The van der Waals surface area contributed by atoms with Crippen LogP contribution < -0.4 is 15.2 Å². The van der Waals surface area contributed by atoms with Crippen LogP contribution in [0, 0.1) is 0 Å². The summed E-state index contributed by atoms with van der Waals surface area (Å²) in [4.78, 5) is 39.2. The van der Waals surface area contributed by atoms with Gasteiger partial charge in [0, 0.05) is 36.0 Å². The summed E-state index contributed by atoms with van der Waals surface area (Å²) < 4.78 is 11.9. The smallest absolute Gasteiger partial charge is 0.359 e. The average Bonchev–Trinajstić information content (AvgIpc) is 3.05. The van der Waals surface area contributed by atoms with E-state index in [1.54, 1.807) is 12.1 Å². The summed E-state index contributed by atoms with van der Waals surface area (Å²) in [6, 6.07) is 19.7. The van der Waals surface area contributed by atoms with E-state index in [2.05, 4.69) is 18.9 Å². The molecule has 1 aliphatic rings. The first-order chi connectivity index (χ1) is 16.8. The van der Waals surface area contributed by atoms with E-state index in [0.717, 1.165) is 21.6 Å². The van der Waals surface area contributed by atoms with Gasteiger partial charge in [-0.25, -0.2) is 9.48 Å². The van der Waals surface area contributed by atoms with Gasteiger partial charge in [0.15, 0.2) is 18.1 Å². The van der Waals surface area contributed by atoms with E-state index in [0.29, 0.717) is 5.75 Å². The fraction of sp³-hybridized carbons (Fsp3) is 0.259. The number of fused-ring (bicyclic) bond motifs is 1. The molecular weight excluding hydrogens is 446 g/mol. The van der Waals surface area contributed by atoms with Crippen molar-refractivity contribution in [1.82, 2.24) is 9.78 Å². The van der Waals surface area contributed by atoms with Crippen molar-refractivity contribution in [2.75, 3.05) is 25.2 Å². The van der Waals surface area contributed by atoms with Gasteiger partial charge < -0.3 is 14.4 Å². The Morgan fingerprint density at radius 3 is 2.46 bits per heavy atom. The van der Waals surface area contributed by atoms with Gasteiger partial charge in [0.05, 0.1) is 6.54 Å². The molecule has 35 heavy (non-hydrogen) atoms. The number of hydrogen-bond acceptors (Lipinski definition) is 7. The third kappa shape index (κ3) is 5.16. The van der Waals surface area contributed by atoms with Gasteiger partial charge in [0.2, 0.25) is 0 Å². The van der Waals surface area contributed by atoms with Crippen LogP contribution in [0.2, 0.25) is 0 Å². The topological polar surface area (TPSA) is 90.7 Å². The Hall–Kier alpha value is -4.20. The van der Waals surface area contributed by atoms with E-state index in [9.17, 15) is 14.4 Å². The molecule has 8 nitrogen and oxygen atoms in total. The lowest BCUT2D eigenvalue weighted by molar-refractivity contribution is -0.117. The normalized spacial score (nSPS) is 15.1. The number of benzene rings is 2. The maximum absolute atomic E-state index is 12.6. The lowest BCUT2D eigenvalue weighted by atomic mass is 9.83. The Morgan fingerprint density at radius 1 is 1.00 bits per heavy atom. The summed E-state index contributed by atoms with van der Waals surface area (Å²) in [7, 11) is 1.91. The maximum atomic E-state index is 12.6. The number of hydrogen-bond donors (Lipinski definition) is 0. The largest absolute Gasteiger partial charge is 0.492 e. The Labute approximate surface area is 203 Å². The molecule has 0 N–H and O–H groups in total. The molecule has 2 heterocycles. The molecular formula is C27H27N3O5. The van der Waals surface area contributed by atoms with Crippen LogP contribution in [0.25, 0.3) is 0 Å². The van der Waals surface area contributed by atoms with E-state index < -0.39 is 12.6 Å². The number of rotatable bonds is 8. The first kappa shape index (κ1) is 23.9. The molecule has 1 aromatic heterocycles. The Kier molecular flexibility index (Phi) is 6.82. The van der Waals surface area contributed by atoms with Crippen LogP contribution in [0.1, 0.15) is 29.9 Å². The molecule has 1 aliphatic heterocycles. The zero-order chi connectivity index (χ0) is 25.0. The average molecular weight is 474 g/mol. The second kappa shape index (κ2) is 9.97. The van der Waals surface area contributed by atoms with Crippen LogP contribution in [0.4, 0.5) is 5.69 Å². The number of allylic oxidation sites excluding steroid dienone is 1. The molecule has 0 bridgehead atoms. The molecule has 2 aromatic carbocycles. The minimum atomic E-state index is -0.781. The third-order valence-electron chi connectivity index (χ3n) is 5.97. The standard InChI is InChI=1S/C27H27N3O5/c1-27(2)21-11-7-8-12-23(21)29(3)24(27)17-19(31)18-35-26(33)22-13-14-25(32)30(28-22)15-16-34-20-9-5-4-6-10-20/h4-14,17H,15-16,18H2,1-3H3/b24-17-. The van der Waals surface area contributed by atoms with E-state index in [1.807, 2.05) is 54.4 Å². The number of para-hydroxylation sites is 2. The Morgan fingerprint density at radius 2 is 1.71 bits per heavy atom.